The van der Waals surface area contributed by atoms with Crippen LogP contribution in [0.2, 0.25) is 0 Å². The molecule has 7 heteroatoms. The lowest BCUT2D eigenvalue weighted by Gasteiger charge is -2.21. The predicted octanol–water partition coefficient (Wildman–Crippen LogP) is 6.33. The monoisotopic (exact) mass is 553 g/mol. The van der Waals surface area contributed by atoms with E-state index in [1.54, 1.807) is 0 Å². The number of allylic oxidation sites excluding steroid dienone is 1. The Bertz CT molecular complexity index is 1630. The van der Waals surface area contributed by atoms with Crippen LogP contribution in [0.15, 0.2) is 79.9 Å². The molecule has 0 saturated carbocycles. The topological polar surface area (TPSA) is 76.0 Å². The summed E-state index contributed by atoms with van der Waals surface area (Å²) in [6, 6.07) is 17.3. The molecule has 0 radical (unpaired) electrons. The Labute approximate surface area is 239 Å². The zero-order valence-electron chi connectivity index (χ0n) is 23.3. The van der Waals surface area contributed by atoms with Crippen molar-refractivity contribution >= 4 is 50.6 Å². The fourth-order valence-corrected chi connectivity index (χ4v) is 5.56. The van der Waals surface area contributed by atoms with Crippen molar-refractivity contribution in [2.24, 2.45) is 0 Å². The second-order valence-electron chi connectivity index (χ2n) is 10.1. The van der Waals surface area contributed by atoms with Crippen LogP contribution < -0.4 is 0 Å². The van der Waals surface area contributed by atoms with E-state index in [-0.39, 0.29) is 39.1 Å². The maximum Gasteiger partial charge on any atom is 0.330 e. The Hall–Kier alpha value is -4.20. The van der Waals surface area contributed by atoms with Crippen LogP contribution in [-0.2, 0) is 35.1 Å². The van der Waals surface area contributed by atoms with Crippen LogP contribution in [0.3, 0.4) is 0 Å². The van der Waals surface area contributed by atoms with Crippen LogP contribution in [0.25, 0.3) is 38.7 Å². The molecule has 41 heavy (non-hydrogen) atoms. The lowest BCUT2D eigenvalue weighted by atomic mass is 9.86. The van der Waals surface area contributed by atoms with E-state index in [1.807, 2.05) is 0 Å². The number of carbonyl (C=O) groups excluding carboxylic acids is 2. The van der Waals surface area contributed by atoms with Gasteiger partial charge in [0.25, 0.3) is 0 Å². The molecule has 2 atom stereocenters. The van der Waals surface area contributed by atoms with Gasteiger partial charge in [0, 0.05) is 34.0 Å². The van der Waals surface area contributed by atoms with Gasteiger partial charge in [0.1, 0.15) is 13.2 Å². The largest absolute Gasteiger partial charge is 0.460 e. The SMILES string of the molecule is C=CC(=O)OCCOCC(Cn1c2ccc3c(c2c2c4ccccc4ccc21)C=CCC3C)OCCOC(=O)C=C. The summed E-state index contributed by atoms with van der Waals surface area (Å²) in [5.74, 6) is -0.535. The smallest absolute Gasteiger partial charge is 0.330 e. The third-order valence-corrected chi connectivity index (χ3v) is 7.48. The summed E-state index contributed by atoms with van der Waals surface area (Å²) < 4.78 is 24.5. The Kier molecular flexibility index (Phi) is 8.97. The molecule has 1 aliphatic rings. The van der Waals surface area contributed by atoms with Gasteiger partial charge in [-0.25, -0.2) is 9.59 Å². The summed E-state index contributed by atoms with van der Waals surface area (Å²) in [6.45, 7) is 10.5. The molecule has 0 spiro atoms. The minimum absolute atomic E-state index is 0.103. The molecule has 0 N–H and O–H groups in total. The Morgan fingerprint density at radius 2 is 1.63 bits per heavy atom. The van der Waals surface area contributed by atoms with Crippen molar-refractivity contribution in [3.05, 3.63) is 91.0 Å². The third kappa shape index (κ3) is 6.11. The molecule has 1 aliphatic carbocycles. The molecule has 0 fully saturated rings. The van der Waals surface area contributed by atoms with Crippen molar-refractivity contribution in [2.45, 2.75) is 31.9 Å². The van der Waals surface area contributed by atoms with Gasteiger partial charge < -0.3 is 23.5 Å². The molecule has 0 saturated heterocycles. The van der Waals surface area contributed by atoms with E-state index in [9.17, 15) is 9.59 Å². The zero-order chi connectivity index (χ0) is 28.8. The van der Waals surface area contributed by atoms with E-state index in [1.165, 1.54) is 32.7 Å². The van der Waals surface area contributed by atoms with Gasteiger partial charge in [0.2, 0.25) is 0 Å². The molecule has 212 valence electrons. The normalized spacial score (nSPS) is 15.1. The van der Waals surface area contributed by atoms with Crippen LogP contribution in [0.5, 0.6) is 0 Å². The predicted molar refractivity (Wildman–Crippen MR) is 162 cm³/mol. The Morgan fingerprint density at radius 1 is 0.927 bits per heavy atom. The molecular weight excluding hydrogens is 518 g/mol. The number of hydrogen-bond acceptors (Lipinski definition) is 6. The number of esters is 2. The van der Waals surface area contributed by atoms with Gasteiger partial charge in [-0.1, -0.05) is 68.6 Å². The van der Waals surface area contributed by atoms with E-state index in [0.29, 0.717) is 12.5 Å². The molecule has 2 unspecified atom stereocenters. The highest BCUT2D eigenvalue weighted by atomic mass is 16.6. The number of benzene rings is 3. The Balaban J connectivity index is 1.51. The number of hydrogen-bond donors (Lipinski definition) is 0. The van der Waals surface area contributed by atoms with Crippen LogP contribution >= 0.6 is 0 Å². The number of aromatic nitrogens is 1. The quantitative estimate of drug-likeness (QED) is 0.109. The summed E-state index contributed by atoms with van der Waals surface area (Å²) in [4.78, 5) is 22.9. The van der Waals surface area contributed by atoms with E-state index in [2.05, 4.69) is 85.3 Å². The van der Waals surface area contributed by atoms with Gasteiger partial charge in [0.05, 0.1) is 32.5 Å². The highest BCUT2D eigenvalue weighted by Crippen LogP contribution is 2.42. The average Bonchev–Trinajstić information content (AvgIpc) is 3.32. The maximum absolute atomic E-state index is 11.5. The molecule has 0 aliphatic heterocycles. The summed E-state index contributed by atoms with van der Waals surface area (Å²) in [5, 5.41) is 4.87. The molecule has 5 rings (SSSR count). The van der Waals surface area contributed by atoms with Gasteiger partial charge in [0.15, 0.2) is 0 Å². The molecule has 1 aromatic heterocycles. The first-order valence-electron chi connectivity index (χ1n) is 13.9. The van der Waals surface area contributed by atoms with Crippen molar-refractivity contribution in [2.75, 3.05) is 33.0 Å². The van der Waals surface area contributed by atoms with Crippen molar-refractivity contribution in [3.63, 3.8) is 0 Å². The standard InChI is InChI=1S/C34H35NO6/c1-4-31(36)40-18-17-38-22-25(39-19-20-41-32(37)5-2)21-35-29-15-13-24-10-6-7-11-27(24)33(29)34-28-12-8-9-23(3)26(28)14-16-30(34)35/h4-8,10-16,23,25H,1-2,9,17-22H2,3H3. The number of rotatable bonds is 13. The molecule has 4 aromatic rings. The van der Waals surface area contributed by atoms with Gasteiger partial charge >= 0.3 is 11.9 Å². The highest BCUT2D eigenvalue weighted by Gasteiger charge is 2.23. The molecular formula is C34H35NO6. The average molecular weight is 554 g/mol. The van der Waals surface area contributed by atoms with Crippen molar-refractivity contribution < 1.29 is 28.5 Å². The first-order valence-corrected chi connectivity index (χ1v) is 13.9. The second-order valence-corrected chi connectivity index (χ2v) is 10.1. The molecule has 0 amide bonds. The third-order valence-electron chi connectivity index (χ3n) is 7.48. The van der Waals surface area contributed by atoms with E-state index >= 15 is 0 Å². The molecule has 3 aromatic carbocycles. The maximum atomic E-state index is 11.5. The lowest BCUT2D eigenvalue weighted by Crippen LogP contribution is -2.28. The number of carbonyl (C=O) groups is 2. The summed E-state index contributed by atoms with van der Waals surface area (Å²) in [6.07, 6.45) is 7.45. The number of fused-ring (bicyclic) bond motifs is 7. The van der Waals surface area contributed by atoms with Crippen LogP contribution in [0.4, 0.5) is 0 Å². The second kappa shape index (κ2) is 13.0. The fraction of sp³-hybridized carbons (Fsp3) is 0.294. The van der Waals surface area contributed by atoms with Gasteiger partial charge in [-0.15, -0.1) is 0 Å². The van der Waals surface area contributed by atoms with Crippen LogP contribution in [0, 0.1) is 0 Å². The van der Waals surface area contributed by atoms with Crippen molar-refractivity contribution in [1.82, 2.24) is 4.57 Å². The van der Waals surface area contributed by atoms with E-state index < -0.39 is 11.9 Å². The zero-order valence-corrected chi connectivity index (χ0v) is 23.3. The minimum Gasteiger partial charge on any atom is -0.460 e. The van der Waals surface area contributed by atoms with Crippen molar-refractivity contribution in [1.29, 1.82) is 0 Å². The summed E-state index contributed by atoms with van der Waals surface area (Å²) >= 11 is 0. The van der Waals surface area contributed by atoms with Gasteiger partial charge in [-0.2, -0.15) is 0 Å². The van der Waals surface area contributed by atoms with E-state index in [4.69, 9.17) is 18.9 Å². The van der Waals surface area contributed by atoms with Crippen LogP contribution in [0.1, 0.15) is 30.4 Å². The van der Waals surface area contributed by atoms with Crippen LogP contribution in [-0.4, -0.2) is 55.6 Å². The number of ether oxygens (including phenoxy) is 4. The van der Waals surface area contributed by atoms with E-state index in [0.717, 1.165) is 29.6 Å². The highest BCUT2D eigenvalue weighted by molar-refractivity contribution is 6.23. The molecule has 0 bridgehead atoms. The lowest BCUT2D eigenvalue weighted by molar-refractivity contribution is -0.142. The summed E-state index contributed by atoms with van der Waals surface area (Å²) in [5.41, 5.74) is 4.88. The number of nitrogens with zero attached hydrogens (tertiary/aromatic N) is 1. The Morgan fingerprint density at radius 3 is 2.41 bits per heavy atom. The molecule has 7 nitrogen and oxygen atoms in total. The first kappa shape index (κ1) is 28.3. The molecule has 1 heterocycles. The summed E-state index contributed by atoms with van der Waals surface area (Å²) in [7, 11) is 0. The first-order chi connectivity index (χ1) is 20.0. The fourth-order valence-electron chi connectivity index (χ4n) is 5.56. The van der Waals surface area contributed by atoms with Gasteiger partial charge in [-0.3, -0.25) is 0 Å². The minimum atomic E-state index is -0.494. The van der Waals surface area contributed by atoms with Crippen molar-refractivity contribution in [3.8, 4) is 0 Å². The van der Waals surface area contributed by atoms with Gasteiger partial charge in [-0.05, 0) is 46.4 Å².